The zero-order chi connectivity index (χ0) is 18.7. The summed E-state index contributed by atoms with van der Waals surface area (Å²) in [6.07, 6.45) is 3.58. The predicted molar refractivity (Wildman–Crippen MR) is 100 cm³/mol. The molecule has 2 saturated heterocycles. The molecule has 0 saturated carbocycles. The average molecular weight is 356 g/mol. The molecule has 5 heteroatoms. The summed E-state index contributed by atoms with van der Waals surface area (Å²) in [6.45, 7) is 9.01. The highest BCUT2D eigenvalue weighted by atomic mass is 16.5. The van der Waals surface area contributed by atoms with E-state index in [1.807, 2.05) is 4.90 Å². The third-order valence-electron chi connectivity index (χ3n) is 5.87. The standard InChI is InChI=1S/C21H28N2O3/c1-4-10-23-19(24)14-18(20(25)26-3)21(23)8-11-22(12-9-21)15-17-7-5-6-16(2)13-17/h4-7,13,18H,1,8-12,14-15H2,2-3H3. The van der Waals surface area contributed by atoms with Crippen molar-refractivity contribution >= 4 is 11.9 Å². The summed E-state index contributed by atoms with van der Waals surface area (Å²) in [6, 6.07) is 8.56. The molecule has 2 fully saturated rings. The number of hydrogen-bond acceptors (Lipinski definition) is 4. The van der Waals surface area contributed by atoms with Crippen molar-refractivity contribution in [3.8, 4) is 0 Å². The summed E-state index contributed by atoms with van der Waals surface area (Å²) in [5.74, 6) is -0.606. The number of ether oxygens (including phenoxy) is 1. The zero-order valence-corrected chi connectivity index (χ0v) is 15.7. The highest BCUT2D eigenvalue weighted by Gasteiger charge is 2.56. The third-order valence-corrected chi connectivity index (χ3v) is 5.87. The number of nitrogens with zero attached hydrogens (tertiary/aromatic N) is 2. The molecule has 1 amide bonds. The quantitative estimate of drug-likeness (QED) is 0.601. The van der Waals surface area contributed by atoms with Crippen LogP contribution < -0.4 is 0 Å². The maximum absolute atomic E-state index is 12.5. The number of methoxy groups -OCH3 is 1. The Kier molecular flexibility index (Phi) is 5.47. The highest BCUT2D eigenvalue weighted by molar-refractivity contribution is 5.89. The van der Waals surface area contributed by atoms with E-state index in [-0.39, 0.29) is 24.2 Å². The lowest BCUT2D eigenvalue weighted by Crippen LogP contribution is -2.57. The van der Waals surface area contributed by atoms with Gasteiger partial charge in [0.05, 0.1) is 18.6 Å². The second-order valence-electron chi connectivity index (χ2n) is 7.44. The average Bonchev–Trinajstić information content (AvgIpc) is 2.89. The summed E-state index contributed by atoms with van der Waals surface area (Å²) in [7, 11) is 1.41. The summed E-state index contributed by atoms with van der Waals surface area (Å²) in [5, 5.41) is 0. The van der Waals surface area contributed by atoms with E-state index < -0.39 is 5.54 Å². The van der Waals surface area contributed by atoms with Gasteiger partial charge in [0.25, 0.3) is 0 Å². The maximum atomic E-state index is 12.5. The van der Waals surface area contributed by atoms with Gasteiger partial charge in [-0.3, -0.25) is 14.5 Å². The SMILES string of the molecule is C=CCN1C(=O)CC(C(=O)OC)C12CCN(Cc1cccc(C)c1)CC2. The van der Waals surface area contributed by atoms with Gasteiger partial charge in [-0.15, -0.1) is 6.58 Å². The van der Waals surface area contributed by atoms with E-state index in [9.17, 15) is 9.59 Å². The van der Waals surface area contributed by atoms with E-state index in [2.05, 4.69) is 42.7 Å². The van der Waals surface area contributed by atoms with Crippen molar-refractivity contribution in [2.45, 2.75) is 38.3 Å². The van der Waals surface area contributed by atoms with Crippen LogP contribution in [0.25, 0.3) is 0 Å². The van der Waals surface area contributed by atoms with Crippen LogP contribution in [0.15, 0.2) is 36.9 Å². The molecule has 1 aromatic carbocycles. The minimum Gasteiger partial charge on any atom is -0.469 e. The largest absolute Gasteiger partial charge is 0.469 e. The van der Waals surface area contributed by atoms with Gasteiger partial charge >= 0.3 is 5.97 Å². The lowest BCUT2D eigenvalue weighted by molar-refractivity contribution is -0.150. The summed E-state index contributed by atoms with van der Waals surface area (Å²) in [4.78, 5) is 29.2. The molecule has 2 aliphatic rings. The number of rotatable bonds is 5. The summed E-state index contributed by atoms with van der Waals surface area (Å²) < 4.78 is 5.01. The number of esters is 1. The van der Waals surface area contributed by atoms with Crippen molar-refractivity contribution in [2.24, 2.45) is 5.92 Å². The Labute approximate surface area is 155 Å². The van der Waals surface area contributed by atoms with E-state index in [0.717, 1.165) is 32.5 Å². The fraction of sp³-hybridized carbons (Fsp3) is 0.524. The lowest BCUT2D eigenvalue weighted by Gasteiger charge is -2.46. The van der Waals surface area contributed by atoms with E-state index in [0.29, 0.717) is 6.54 Å². The fourth-order valence-electron chi connectivity index (χ4n) is 4.55. The van der Waals surface area contributed by atoms with Crippen LogP contribution in [-0.2, 0) is 20.9 Å². The maximum Gasteiger partial charge on any atom is 0.311 e. The Morgan fingerprint density at radius 2 is 2.12 bits per heavy atom. The molecular weight excluding hydrogens is 328 g/mol. The van der Waals surface area contributed by atoms with Gasteiger partial charge < -0.3 is 9.64 Å². The summed E-state index contributed by atoms with van der Waals surface area (Å²) in [5.41, 5.74) is 2.14. The Bertz CT molecular complexity index is 692. The van der Waals surface area contributed by atoms with Crippen molar-refractivity contribution in [1.82, 2.24) is 9.80 Å². The van der Waals surface area contributed by atoms with Gasteiger partial charge in [0, 0.05) is 32.6 Å². The van der Waals surface area contributed by atoms with Crippen LogP contribution >= 0.6 is 0 Å². The first-order valence-corrected chi connectivity index (χ1v) is 9.27. The minimum absolute atomic E-state index is 0.0347. The molecule has 0 radical (unpaired) electrons. The molecule has 2 aliphatic heterocycles. The highest BCUT2D eigenvalue weighted by Crippen LogP contribution is 2.44. The first-order valence-electron chi connectivity index (χ1n) is 9.27. The first kappa shape index (κ1) is 18.6. The zero-order valence-electron chi connectivity index (χ0n) is 15.7. The molecule has 0 aliphatic carbocycles. The van der Waals surface area contributed by atoms with E-state index in [4.69, 9.17) is 4.74 Å². The van der Waals surface area contributed by atoms with E-state index in [1.54, 1.807) is 6.08 Å². The Balaban J connectivity index is 1.75. The smallest absolute Gasteiger partial charge is 0.311 e. The molecule has 0 aromatic heterocycles. The van der Waals surface area contributed by atoms with Crippen molar-refractivity contribution in [1.29, 1.82) is 0 Å². The second-order valence-corrected chi connectivity index (χ2v) is 7.44. The van der Waals surface area contributed by atoms with Crippen molar-refractivity contribution in [3.63, 3.8) is 0 Å². The Morgan fingerprint density at radius 1 is 1.38 bits per heavy atom. The van der Waals surface area contributed by atoms with Gasteiger partial charge in [0.2, 0.25) is 5.91 Å². The van der Waals surface area contributed by atoms with Gasteiger partial charge in [-0.1, -0.05) is 35.9 Å². The second kappa shape index (κ2) is 7.62. The van der Waals surface area contributed by atoms with E-state index >= 15 is 0 Å². The van der Waals surface area contributed by atoms with Gasteiger partial charge in [-0.2, -0.15) is 0 Å². The topological polar surface area (TPSA) is 49.9 Å². The molecule has 0 bridgehead atoms. The van der Waals surface area contributed by atoms with Crippen LogP contribution in [0.4, 0.5) is 0 Å². The monoisotopic (exact) mass is 356 g/mol. The number of likely N-dealkylation sites (tertiary alicyclic amines) is 2. The Hall–Kier alpha value is -2.14. The van der Waals surface area contributed by atoms with Crippen LogP contribution in [-0.4, -0.2) is 54.0 Å². The van der Waals surface area contributed by atoms with Crippen LogP contribution in [0, 0.1) is 12.8 Å². The number of carbonyl (C=O) groups is 2. The van der Waals surface area contributed by atoms with Crippen molar-refractivity contribution in [3.05, 3.63) is 48.0 Å². The third kappa shape index (κ3) is 3.40. The predicted octanol–water partition coefficient (Wildman–Crippen LogP) is 2.54. The first-order chi connectivity index (χ1) is 12.5. The molecule has 1 unspecified atom stereocenters. The van der Waals surface area contributed by atoms with Crippen LogP contribution in [0.3, 0.4) is 0 Å². The lowest BCUT2D eigenvalue weighted by atomic mass is 9.76. The van der Waals surface area contributed by atoms with E-state index in [1.165, 1.54) is 18.2 Å². The molecule has 1 aromatic rings. The number of aryl methyl sites for hydroxylation is 1. The van der Waals surface area contributed by atoms with Gasteiger partial charge in [-0.25, -0.2) is 0 Å². The molecular formula is C21H28N2O3. The molecule has 140 valence electrons. The van der Waals surface area contributed by atoms with Gasteiger partial charge in [-0.05, 0) is 25.3 Å². The number of hydrogen-bond donors (Lipinski definition) is 0. The minimum atomic E-state index is -0.429. The van der Waals surface area contributed by atoms with Crippen LogP contribution in [0.2, 0.25) is 0 Å². The van der Waals surface area contributed by atoms with Crippen molar-refractivity contribution in [2.75, 3.05) is 26.7 Å². The number of amides is 1. The van der Waals surface area contributed by atoms with Crippen molar-refractivity contribution < 1.29 is 14.3 Å². The number of piperidine rings is 1. The molecule has 1 atom stereocenters. The Morgan fingerprint density at radius 3 is 2.73 bits per heavy atom. The van der Waals surface area contributed by atoms with Gasteiger partial charge in [0.15, 0.2) is 0 Å². The molecule has 3 rings (SSSR count). The number of benzene rings is 1. The number of carbonyl (C=O) groups excluding carboxylic acids is 2. The van der Waals surface area contributed by atoms with Crippen LogP contribution in [0.5, 0.6) is 0 Å². The molecule has 2 heterocycles. The molecule has 0 N–H and O–H groups in total. The van der Waals surface area contributed by atoms with Gasteiger partial charge in [0.1, 0.15) is 0 Å². The van der Waals surface area contributed by atoms with Crippen LogP contribution in [0.1, 0.15) is 30.4 Å². The molecule has 5 nitrogen and oxygen atoms in total. The molecule has 1 spiro atoms. The summed E-state index contributed by atoms with van der Waals surface area (Å²) >= 11 is 0. The molecule has 26 heavy (non-hydrogen) atoms. The normalized spacial score (nSPS) is 22.6. The fourth-order valence-corrected chi connectivity index (χ4v) is 4.55.